The minimum absolute atomic E-state index is 0.0260. The molecular formula is C11H12N4O4. The van der Waals surface area contributed by atoms with Crippen LogP contribution in [0.3, 0.4) is 0 Å². The van der Waals surface area contributed by atoms with Crippen LogP contribution in [0.15, 0.2) is 12.3 Å². The lowest BCUT2D eigenvalue weighted by atomic mass is 10.1. The molecule has 0 aromatic carbocycles. The Morgan fingerprint density at radius 2 is 2.42 bits per heavy atom. The van der Waals surface area contributed by atoms with Crippen molar-refractivity contribution in [3.8, 4) is 6.07 Å². The molecule has 0 aliphatic carbocycles. The largest absolute Gasteiger partial charge is 0.481 e. The second-order valence-corrected chi connectivity index (χ2v) is 3.90. The second-order valence-electron chi connectivity index (χ2n) is 3.90. The molecule has 0 saturated heterocycles. The SMILES string of the molecule is CC(CCC(=O)O)Nc1nccc(C#N)c1[N+](=O)[O-]. The predicted molar refractivity (Wildman–Crippen MR) is 65.6 cm³/mol. The number of carboxylic acids is 1. The van der Waals surface area contributed by atoms with Gasteiger partial charge in [0.05, 0.1) is 4.92 Å². The Balaban J connectivity index is 2.92. The zero-order valence-corrected chi connectivity index (χ0v) is 10.2. The number of carbonyl (C=O) groups is 1. The zero-order chi connectivity index (χ0) is 14.4. The van der Waals surface area contributed by atoms with E-state index in [1.807, 2.05) is 0 Å². The van der Waals surface area contributed by atoms with Crippen LogP contribution in [0.5, 0.6) is 0 Å². The lowest BCUT2D eigenvalue weighted by Gasteiger charge is -2.13. The number of pyridine rings is 1. The van der Waals surface area contributed by atoms with E-state index in [1.165, 1.54) is 12.3 Å². The molecule has 100 valence electrons. The first-order valence-electron chi connectivity index (χ1n) is 5.47. The molecule has 0 spiro atoms. The first-order chi connectivity index (χ1) is 8.95. The minimum Gasteiger partial charge on any atom is -0.481 e. The topological polar surface area (TPSA) is 129 Å². The summed E-state index contributed by atoms with van der Waals surface area (Å²) in [5.41, 5.74) is -0.486. The number of nitrogens with zero attached hydrogens (tertiary/aromatic N) is 3. The maximum absolute atomic E-state index is 10.9. The number of rotatable bonds is 6. The van der Waals surface area contributed by atoms with Gasteiger partial charge in [-0.1, -0.05) is 0 Å². The van der Waals surface area contributed by atoms with E-state index in [0.29, 0.717) is 6.42 Å². The maximum atomic E-state index is 10.9. The van der Waals surface area contributed by atoms with Crippen LogP contribution in [0.1, 0.15) is 25.3 Å². The molecular weight excluding hydrogens is 252 g/mol. The Morgan fingerprint density at radius 1 is 1.74 bits per heavy atom. The van der Waals surface area contributed by atoms with E-state index in [2.05, 4.69) is 10.3 Å². The summed E-state index contributed by atoms with van der Waals surface area (Å²) in [6, 6.07) is 2.67. The van der Waals surface area contributed by atoms with Crippen molar-refractivity contribution >= 4 is 17.5 Å². The van der Waals surface area contributed by atoms with E-state index >= 15 is 0 Å². The third-order valence-electron chi connectivity index (χ3n) is 2.40. The van der Waals surface area contributed by atoms with E-state index < -0.39 is 16.6 Å². The third kappa shape index (κ3) is 3.92. The number of anilines is 1. The molecule has 1 rings (SSSR count). The van der Waals surface area contributed by atoms with Crippen LogP contribution in [-0.4, -0.2) is 27.0 Å². The van der Waals surface area contributed by atoms with Gasteiger partial charge >= 0.3 is 11.7 Å². The maximum Gasteiger partial charge on any atom is 0.328 e. The van der Waals surface area contributed by atoms with Crippen molar-refractivity contribution in [2.75, 3.05) is 5.32 Å². The number of hydrogen-bond donors (Lipinski definition) is 2. The highest BCUT2D eigenvalue weighted by molar-refractivity contribution is 5.67. The number of aromatic nitrogens is 1. The van der Waals surface area contributed by atoms with Crippen molar-refractivity contribution in [2.24, 2.45) is 0 Å². The number of aliphatic carboxylic acids is 1. The Labute approximate surface area is 108 Å². The third-order valence-corrected chi connectivity index (χ3v) is 2.40. The molecule has 0 saturated carbocycles. The summed E-state index contributed by atoms with van der Waals surface area (Å²) in [4.78, 5) is 24.5. The molecule has 0 fully saturated rings. The molecule has 0 aliphatic heterocycles. The van der Waals surface area contributed by atoms with E-state index in [9.17, 15) is 14.9 Å². The molecule has 1 heterocycles. The van der Waals surface area contributed by atoms with Crippen LogP contribution in [0.25, 0.3) is 0 Å². The summed E-state index contributed by atoms with van der Waals surface area (Å²) in [5, 5.41) is 31.1. The quantitative estimate of drug-likeness (QED) is 0.588. The van der Waals surface area contributed by atoms with Gasteiger partial charge < -0.3 is 10.4 Å². The highest BCUT2D eigenvalue weighted by Gasteiger charge is 2.22. The van der Waals surface area contributed by atoms with Crippen LogP contribution < -0.4 is 5.32 Å². The normalized spacial score (nSPS) is 11.4. The van der Waals surface area contributed by atoms with Crippen molar-refractivity contribution in [3.63, 3.8) is 0 Å². The summed E-state index contributed by atoms with van der Waals surface area (Å²) in [7, 11) is 0. The molecule has 8 nitrogen and oxygen atoms in total. The summed E-state index contributed by atoms with van der Waals surface area (Å²) < 4.78 is 0. The highest BCUT2D eigenvalue weighted by Crippen LogP contribution is 2.26. The minimum atomic E-state index is -0.943. The fraction of sp³-hybridized carbons (Fsp3) is 0.364. The van der Waals surface area contributed by atoms with Gasteiger partial charge in [-0.2, -0.15) is 5.26 Å². The Kier molecular flexibility index (Phi) is 4.76. The van der Waals surface area contributed by atoms with Gasteiger partial charge in [0.25, 0.3) is 0 Å². The smallest absolute Gasteiger partial charge is 0.328 e. The molecule has 2 N–H and O–H groups in total. The first-order valence-corrected chi connectivity index (χ1v) is 5.47. The van der Waals surface area contributed by atoms with Gasteiger partial charge in [0.2, 0.25) is 5.82 Å². The van der Waals surface area contributed by atoms with E-state index in [-0.39, 0.29) is 23.8 Å². The number of nitro groups is 1. The van der Waals surface area contributed by atoms with Gasteiger partial charge in [-0.3, -0.25) is 14.9 Å². The monoisotopic (exact) mass is 264 g/mol. The van der Waals surface area contributed by atoms with Gasteiger partial charge in [-0.25, -0.2) is 4.98 Å². The Hall–Kier alpha value is -2.69. The molecule has 1 unspecified atom stereocenters. The first kappa shape index (κ1) is 14.4. The number of carboxylic acid groups (broad SMARTS) is 1. The molecule has 1 aromatic rings. The van der Waals surface area contributed by atoms with Gasteiger partial charge in [0.15, 0.2) is 0 Å². The molecule has 0 bridgehead atoms. The molecule has 1 aromatic heterocycles. The summed E-state index contributed by atoms with van der Waals surface area (Å²) in [6.07, 6.45) is 1.53. The van der Waals surface area contributed by atoms with Gasteiger partial charge in [0.1, 0.15) is 11.6 Å². The number of hydrogen-bond acceptors (Lipinski definition) is 6. The van der Waals surface area contributed by atoms with E-state index in [4.69, 9.17) is 10.4 Å². The summed E-state index contributed by atoms with van der Waals surface area (Å²) in [6.45, 7) is 1.69. The molecule has 1 atom stereocenters. The van der Waals surface area contributed by atoms with Gasteiger partial charge in [-0.05, 0) is 19.4 Å². The lowest BCUT2D eigenvalue weighted by molar-refractivity contribution is -0.384. The van der Waals surface area contributed by atoms with Gasteiger partial charge in [0, 0.05) is 18.7 Å². The molecule has 0 radical (unpaired) electrons. The summed E-state index contributed by atoms with van der Waals surface area (Å²) >= 11 is 0. The molecule has 19 heavy (non-hydrogen) atoms. The molecule has 0 aliphatic rings. The van der Waals surface area contributed by atoms with Crippen LogP contribution in [0.2, 0.25) is 0 Å². The number of nitriles is 1. The second kappa shape index (κ2) is 6.30. The predicted octanol–water partition coefficient (Wildman–Crippen LogP) is 1.53. The van der Waals surface area contributed by atoms with Crippen molar-refractivity contribution in [3.05, 3.63) is 27.9 Å². The molecule has 8 heteroatoms. The zero-order valence-electron chi connectivity index (χ0n) is 10.2. The fourth-order valence-electron chi connectivity index (χ4n) is 1.48. The van der Waals surface area contributed by atoms with Crippen LogP contribution in [-0.2, 0) is 4.79 Å². The average molecular weight is 264 g/mol. The highest BCUT2D eigenvalue weighted by atomic mass is 16.6. The van der Waals surface area contributed by atoms with Crippen molar-refractivity contribution < 1.29 is 14.8 Å². The van der Waals surface area contributed by atoms with Crippen molar-refractivity contribution in [1.82, 2.24) is 4.98 Å². The summed E-state index contributed by atoms with van der Waals surface area (Å²) in [5.74, 6) is -0.969. The molecule has 0 amide bonds. The Morgan fingerprint density at radius 3 is 2.95 bits per heavy atom. The standard InChI is InChI=1S/C11H12N4O4/c1-7(2-3-9(16)17)14-11-10(15(18)19)8(6-12)4-5-13-11/h4-5,7H,2-3H2,1H3,(H,13,14)(H,16,17). The van der Waals surface area contributed by atoms with E-state index in [1.54, 1.807) is 13.0 Å². The lowest BCUT2D eigenvalue weighted by Crippen LogP contribution is -2.18. The average Bonchev–Trinajstić information content (AvgIpc) is 2.35. The van der Waals surface area contributed by atoms with Crippen LogP contribution in [0, 0.1) is 21.4 Å². The van der Waals surface area contributed by atoms with Crippen molar-refractivity contribution in [2.45, 2.75) is 25.8 Å². The van der Waals surface area contributed by atoms with Crippen LogP contribution in [0.4, 0.5) is 11.5 Å². The Bertz CT molecular complexity index is 538. The van der Waals surface area contributed by atoms with Crippen LogP contribution >= 0.6 is 0 Å². The fourth-order valence-corrected chi connectivity index (χ4v) is 1.48. The van der Waals surface area contributed by atoms with Gasteiger partial charge in [-0.15, -0.1) is 0 Å². The van der Waals surface area contributed by atoms with E-state index in [0.717, 1.165) is 0 Å². The number of nitrogens with one attached hydrogen (secondary N) is 1. The van der Waals surface area contributed by atoms with Crippen molar-refractivity contribution in [1.29, 1.82) is 5.26 Å².